The molecule has 4 heteroatoms. The van der Waals surface area contributed by atoms with Crippen LogP contribution in [0.5, 0.6) is 0 Å². The second-order valence-corrected chi connectivity index (χ2v) is 4.80. The average Bonchev–Trinajstić information content (AvgIpc) is 2.67. The number of hydrogen-bond acceptors (Lipinski definition) is 2. The average molecular weight is 264 g/mol. The highest BCUT2D eigenvalue weighted by Gasteiger charge is 2.08. The van der Waals surface area contributed by atoms with Gasteiger partial charge in [-0.1, -0.05) is 30.7 Å². The Morgan fingerprint density at radius 3 is 2.72 bits per heavy atom. The van der Waals surface area contributed by atoms with Crippen molar-refractivity contribution >= 4 is 11.6 Å². The van der Waals surface area contributed by atoms with E-state index in [1.54, 1.807) is 0 Å². The molecule has 0 fully saturated rings. The van der Waals surface area contributed by atoms with Crippen LogP contribution in [0.15, 0.2) is 24.4 Å². The molecule has 0 atom stereocenters. The van der Waals surface area contributed by atoms with Gasteiger partial charge in [-0.2, -0.15) is 5.10 Å². The molecular formula is C14H18ClN3. The first kappa shape index (κ1) is 13.1. The van der Waals surface area contributed by atoms with E-state index in [0.717, 1.165) is 40.5 Å². The lowest BCUT2D eigenvalue weighted by Gasteiger charge is -2.07. The number of aryl methyl sites for hydroxylation is 2. The van der Waals surface area contributed by atoms with Gasteiger partial charge in [-0.05, 0) is 30.7 Å². The van der Waals surface area contributed by atoms with Gasteiger partial charge < -0.3 is 5.32 Å². The molecule has 0 saturated carbocycles. The lowest BCUT2D eigenvalue weighted by molar-refractivity contribution is 0.727. The van der Waals surface area contributed by atoms with Gasteiger partial charge in [0.2, 0.25) is 0 Å². The summed E-state index contributed by atoms with van der Waals surface area (Å²) in [6.07, 6.45) is 2.02. The van der Waals surface area contributed by atoms with Crippen LogP contribution in [-0.4, -0.2) is 16.3 Å². The Morgan fingerprint density at radius 2 is 2.17 bits per heavy atom. The Bertz CT molecular complexity index is 546. The van der Waals surface area contributed by atoms with Gasteiger partial charge in [0, 0.05) is 30.4 Å². The van der Waals surface area contributed by atoms with Crippen molar-refractivity contribution in [2.75, 3.05) is 6.54 Å². The van der Waals surface area contributed by atoms with E-state index < -0.39 is 0 Å². The minimum absolute atomic E-state index is 0.803. The van der Waals surface area contributed by atoms with Crippen molar-refractivity contribution in [2.24, 2.45) is 7.05 Å². The number of rotatable bonds is 4. The van der Waals surface area contributed by atoms with Gasteiger partial charge in [-0.25, -0.2) is 0 Å². The minimum Gasteiger partial charge on any atom is -0.313 e. The van der Waals surface area contributed by atoms with E-state index in [1.165, 1.54) is 0 Å². The summed E-state index contributed by atoms with van der Waals surface area (Å²) in [7, 11) is 1.93. The molecule has 0 aliphatic carbocycles. The Morgan fingerprint density at radius 1 is 1.39 bits per heavy atom. The van der Waals surface area contributed by atoms with E-state index in [4.69, 9.17) is 11.6 Å². The highest BCUT2D eigenvalue weighted by atomic mass is 35.5. The van der Waals surface area contributed by atoms with Crippen LogP contribution in [0.3, 0.4) is 0 Å². The summed E-state index contributed by atoms with van der Waals surface area (Å²) in [5, 5.41) is 8.43. The number of hydrogen-bond donors (Lipinski definition) is 1. The standard InChI is InChI=1S/C14H18ClN3/c1-4-16-8-12-6-5-11(7-14(12)15)13-9-18(3)17-10(13)2/h5-7,9,16H,4,8H2,1-3H3. The first-order chi connectivity index (χ1) is 8.61. The Labute approximate surface area is 113 Å². The highest BCUT2D eigenvalue weighted by molar-refractivity contribution is 6.31. The summed E-state index contributed by atoms with van der Waals surface area (Å²) < 4.78 is 1.82. The summed E-state index contributed by atoms with van der Waals surface area (Å²) in [6.45, 7) is 5.85. The van der Waals surface area contributed by atoms with Crippen LogP contribution < -0.4 is 5.32 Å². The molecule has 0 radical (unpaired) electrons. The maximum absolute atomic E-state index is 6.31. The molecule has 0 amide bonds. The molecule has 1 heterocycles. The Hall–Kier alpha value is -1.32. The summed E-state index contributed by atoms with van der Waals surface area (Å²) >= 11 is 6.31. The SMILES string of the molecule is CCNCc1ccc(-c2cn(C)nc2C)cc1Cl. The molecule has 0 aliphatic heterocycles. The zero-order chi connectivity index (χ0) is 13.1. The van der Waals surface area contributed by atoms with Gasteiger partial charge in [-0.15, -0.1) is 0 Å². The molecule has 1 aromatic heterocycles. The summed E-state index contributed by atoms with van der Waals surface area (Å²) in [4.78, 5) is 0. The van der Waals surface area contributed by atoms with Crippen LogP contribution in [-0.2, 0) is 13.6 Å². The molecular weight excluding hydrogens is 246 g/mol. The fourth-order valence-electron chi connectivity index (χ4n) is 2.00. The lowest BCUT2D eigenvalue weighted by Crippen LogP contribution is -2.11. The van der Waals surface area contributed by atoms with E-state index >= 15 is 0 Å². The predicted molar refractivity (Wildman–Crippen MR) is 75.8 cm³/mol. The Kier molecular flexibility index (Phi) is 4.04. The van der Waals surface area contributed by atoms with Gasteiger partial charge >= 0.3 is 0 Å². The van der Waals surface area contributed by atoms with Crippen molar-refractivity contribution in [1.29, 1.82) is 0 Å². The molecule has 1 N–H and O–H groups in total. The van der Waals surface area contributed by atoms with Crippen molar-refractivity contribution in [2.45, 2.75) is 20.4 Å². The van der Waals surface area contributed by atoms with Crippen molar-refractivity contribution in [3.63, 3.8) is 0 Å². The monoisotopic (exact) mass is 263 g/mol. The molecule has 0 bridgehead atoms. The molecule has 18 heavy (non-hydrogen) atoms. The van der Waals surface area contributed by atoms with E-state index in [9.17, 15) is 0 Å². The molecule has 3 nitrogen and oxygen atoms in total. The number of halogens is 1. The number of benzene rings is 1. The topological polar surface area (TPSA) is 29.9 Å². The molecule has 2 aromatic rings. The van der Waals surface area contributed by atoms with E-state index in [1.807, 2.05) is 30.9 Å². The summed E-state index contributed by atoms with van der Waals surface area (Å²) in [6, 6.07) is 6.19. The molecule has 0 unspecified atom stereocenters. The largest absolute Gasteiger partial charge is 0.313 e. The van der Waals surface area contributed by atoms with Gasteiger partial charge in [0.25, 0.3) is 0 Å². The first-order valence-electron chi connectivity index (χ1n) is 6.11. The maximum atomic E-state index is 6.31. The zero-order valence-electron chi connectivity index (χ0n) is 11.0. The third kappa shape index (κ3) is 2.74. The second-order valence-electron chi connectivity index (χ2n) is 4.39. The predicted octanol–water partition coefficient (Wildman–Crippen LogP) is 3.16. The van der Waals surface area contributed by atoms with Crippen molar-refractivity contribution < 1.29 is 0 Å². The van der Waals surface area contributed by atoms with Crippen LogP contribution in [0.1, 0.15) is 18.2 Å². The lowest BCUT2D eigenvalue weighted by atomic mass is 10.0. The fraction of sp³-hybridized carbons (Fsp3) is 0.357. The third-order valence-electron chi connectivity index (χ3n) is 2.94. The molecule has 2 rings (SSSR count). The van der Waals surface area contributed by atoms with Crippen molar-refractivity contribution in [3.05, 3.63) is 40.7 Å². The maximum Gasteiger partial charge on any atom is 0.0671 e. The second kappa shape index (κ2) is 5.55. The zero-order valence-corrected chi connectivity index (χ0v) is 11.8. The smallest absolute Gasteiger partial charge is 0.0671 e. The fourth-order valence-corrected chi connectivity index (χ4v) is 2.25. The van der Waals surface area contributed by atoms with Crippen LogP contribution >= 0.6 is 11.6 Å². The highest BCUT2D eigenvalue weighted by Crippen LogP contribution is 2.27. The molecule has 0 spiro atoms. The number of nitrogens with zero attached hydrogens (tertiary/aromatic N) is 2. The van der Waals surface area contributed by atoms with Gasteiger partial charge in [0.1, 0.15) is 0 Å². The van der Waals surface area contributed by atoms with E-state index in [-0.39, 0.29) is 0 Å². The molecule has 0 aliphatic rings. The van der Waals surface area contributed by atoms with Crippen molar-refractivity contribution in [1.82, 2.24) is 15.1 Å². The third-order valence-corrected chi connectivity index (χ3v) is 3.29. The van der Waals surface area contributed by atoms with Crippen LogP contribution in [0.4, 0.5) is 0 Å². The quantitative estimate of drug-likeness (QED) is 0.918. The van der Waals surface area contributed by atoms with Gasteiger partial charge in [0.05, 0.1) is 5.69 Å². The van der Waals surface area contributed by atoms with Crippen LogP contribution in [0.25, 0.3) is 11.1 Å². The van der Waals surface area contributed by atoms with Crippen molar-refractivity contribution in [3.8, 4) is 11.1 Å². The molecule has 0 saturated heterocycles. The molecule has 1 aromatic carbocycles. The van der Waals surface area contributed by atoms with Crippen LogP contribution in [0, 0.1) is 6.92 Å². The minimum atomic E-state index is 0.803. The van der Waals surface area contributed by atoms with E-state index in [2.05, 4.69) is 29.5 Å². The number of nitrogens with one attached hydrogen (secondary N) is 1. The van der Waals surface area contributed by atoms with Gasteiger partial charge in [0.15, 0.2) is 0 Å². The summed E-state index contributed by atoms with van der Waals surface area (Å²) in [5.41, 5.74) is 4.40. The number of aromatic nitrogens is 2. The Balaban J connectivity index is 2.31. The normalized spacial score (nSPS) is 10.9. The summed E-state index contributed by atoms with van der Waals surface area (Å²) in [5.74, 6) is 0. The van der Waals surface area contributed by atoms with Crippen LogP contribution in [0.2, 0.25) is 5.02 Å². The van der Waals surface area contributed by atoms with Gasteiger partial charge in [-0.3, -0.25) is 4.68 Å². The first-order valence-corrected chi connectivity index (χ1v) is 6.49. The molecule has 96 valence electrons. The van der Waals surface area contributed by atoms with E-state index in [0.29, 0.717) is 0 Å².